The van der Waals surface area contributed by atoms with Gasteiger partial charge in [-0.05, 0) is 44.5 Å². The minimum absolute atomic E-state index is 0.0280. The van der Waals surface area contributed by atoms with Crippen molar-refractivity contribution < 1.29 is 19.5 Å². The second-order valence-corrected chi connectivity index (χ2v) is 9.17. The number of nitrogen functional groups attached to an aromatic ring is 1. The van der Waals surface area contributed by atoms with Crippen LogP contribution in [0.4, 0.5) is 11.5 Å². The maximum atomic E-state index is 13.4. The fourth-order valence-corrected chi connectivity index (χ4v) is 4.00. The van der Waals surface area contributed by atoms with Crippen LogP contribution in [0.3, 0.4) is 0 Å². The highest BCUT2D eigenvalue weighted by Crippen LogP contribution is 2.29. The molecule has 1 heterocycles. The van der Waals surface area contributed by atoms with Gasteiger partial charge in [0.2, 0.25) is 5.91 Å². The van der Waals surface area contributed by atoms with E-state index in [1.54, 1.807) is 31.2 Å². The molecule has 1 amide bonds. The van der Waals surface area contributed by atoms with Crippen LogP contribution in [0.15, 0.2) is 52.4 Å². The zero-order valence-electron chi connectivity index (χ0n) is 21.7. The molecule has 13 heteroatoms. The number of oxime groups is 1. The van der Waals surface area contributed by atoms with Crippen molar-refractivity contribution >= 4 is 40.8 Å². The Morgan fingerprint density at radius 2 is 1.87 bits per heavy atom. The monoisotopic (exact) mass is 555 g/mol. The summed E-state index contributed by atoms with van der Waals surface area (Å²) < 4.78 is 6.26. The Balaban J connectivity index is 1.98. The van der Waals surface area contributed by atoms with Gasteiger partial charge in [-0.1, -0.05) is 41.0 Å². The molecule has 0 bridgehead atoms. The highest BCUT2D eigenvalue weighted by atomic mass is 35.5. The standard InChI is InChI=1S/C26H30ClN7O5/c1-4-39-26(37)18-9-17(10-19(28)11-18)21-22(27)32-24(31-14(2)3)25(36)34(21)13-20(35)30-12-15-5-7-16(8-6-15)23(29)33-38/h5-11,14,38H,4,12-13,28H2,1-3H3,(H2,29,33)(H,30,35)(H,31,32). The van der Waals surface area contributed by atoms with Gasteiger partial charge >= 0.3 is 5.97 Å². The number of nitrogens with one attached hydrogen (secondary N) is 2. The van der Waals surface area contributed by atoms with Crippen molar-refractivity contribution in [1.82, 2.24) is 14.9 Å². The van der Waals surface area contributed by atoms with Crippen LogP contribution in [0.25, 0.3) is 11.3 Å². The van der Waals surface area contributed by atoms with Gasteiger partial charge in [0.1, 0.15) is 6.54 Å². The van der Waals surface area contributed by atoms with Crippen molar-refractivity contribution in [2.45, 2.75) is 39.9 Å². The number of ether oxygens (including phenoxy) is 1. The molecule has 0 aliphatic heterocycles. The number of nitrogens with two attached hydrogens (primary N) is 2. The molecule has 7 N–H and O–H groups in total. The Bertz CT molecular complexity index is 1450. The SMILES string of the molecule is CCOC(=O)c1cc(N)cc(-c2c(Cl)nc(NC(C)C)c(=O)n2CC(=O)NCc2ccc(C(N)=NO)cc2)c1. The Kier molecular flexibility index (Phi) is 9.50. The average molecular weight is 556 g/mol. The lowest BCUT2D eigenvalue weighted by molar-refractivity contribution is -0.121. The highest BCUT2D eigenvalue weighted by Gasteiger charge is 2.21. The number of halogens is 1. The average Bonchev–Trinajstić information content (AvgIpc) is 2.89. The molecule has 3 rings (SSSR count). The lowest BCUT2D eigenvalue weighted by atomic mass is 10.1. The summed E-state index contributed by atoms with van der Waals surface area (Å²) in [6.45, 7) is 5.26. The van der Waals surface area contributed by atoms with Gasteiger partial charge in [0.25, 0.3) is 5.56 Å². The second kappa shape index (κ2) is 12.8. The number of amides is 1. The van der Waals surface area contributed by atoms with Crippen LogP contribution < -0.4 is 27.7 Å². The zero-order valence-corrected chi connectivity index (χ0v) is 22.5. The molecule has 39 heavy (non-hydrogen) atoms. The molecule has 206 valence electrons. The zero-order chi connectivity index (χ0) is 28.7. The molecule has 12 nitrogen and oxygen atoms in total. The van der Waals surface area contributed by atoms with Crippen LogP contribution in [-0.4, -0.2) is 45.1 Å². The van der Waals surface area contributed by atoms with Gasteiger partial charge in [-0.3, -0.25) is 14.2 Å². The fraction of sp³-hybridized carbons (Fsp3) is 0.269. The van der Waals surface area contributed by atoms with E-state index in [1.807, 2.05) is 13.8 Å². The summed E-state index contributed by atoms with van der Waals surface area (Å²) in [6.07, 6.45) is 0. The number of hydrogen-bond acceptors (Lipinski definition) is 9. The first kappa shape index (κ1) is 29.0. The summed E-state index contributed by atoms with van der Waals surface area (Å²) in [7, 11) is 0. The number of carbonyl (C=O) groups excluding carboxylic acids is 2. The van der Waals surface area contributed by atoms with Gasteiger partial charge in [-0.15, -0.1) is 0 Å². The molecule has 0 radical (unpaired) electrons. The Labute approximate surface area is 229 Å². The Hall–Kier alpha value is -4.58. The smallest absolute Gasteiger partial charge is 0.338 e. The molecule has 2 aromatic carbocycles. The minimum Gasteiger partial charge on any atom is -0.462 e. The minimum atomic E-state index is -0.599. The van der Waals surface area contributed by atoms with Crippen LogP contribution in [0.5, 0.6) is 0 Å². The third-order valence-electron chi connectivity index (χ3n) is 5.44. The largest absolute Gasteiger partial charge is 0.462 e. The normalized spacial score (nSPS) is 11.4. The molecule has 1 aromatic heterocycles. The van der Waals surface area contributed by atoms with Gasteiger partial charge in [0, 0.05) is 29.4 Å². The van der Waals surface area contributed by atoms with E-state index in [0.717, 1.165) is 5.56 Å². The van der Waals surface area contributed by atoms with Crippen LogP contribution >= 0.6 is 11.6 Å². The van der Waals surface area contributed by atoms with Crippen molar-refractivity contribution in [1.29, 1.82) is 0 Å². The molecule has 0 saturated heterocycles. The third kappa shape index (κ3) is 7.26. The Morgan fingerprint density at radius 3 is 2.49 bits per heavy atom. The van der Waals surface area contributed by atoms with Crippen molar-refractivity contribution in [2.75, 3.05) is 17.7 Å². The summed E-state index contributed by atoms with van der Waals surface area (Å²) in [5.74, 6) is -1.14. The topological polar surface area (TPSA) is 187 Å². The molecule has 0 saturated carbocycles. The van der Waals surface area contributed by atoms with Crippen molar-refractivity contribution in [3.8, 4) is 11.3 Å². The quantitative estimate of drug-likeness (QED) is 0.0625. The van der Waals surface area contributed by atoms with Crippen molar-refractivity contribution in [3.05, 3.63) is 74.7 Å². The Morgan fingerprint density at radius 1 is 1.18 bits per heavy atom. The van der Waals surface area contributed by atoms with E-state index in [0.29, 0.717) is 11.1 Å². The molecular formula is C26H30ClN7O5. The number of benzene rings is 2. The van der Waals surface area contributed by atoms with E-state index in [2.05, 4.69) is 20.8 Å². The summed E-state index contributed by atoms with van der Waals surface area (Å²) >= 11 is 6.54. The van der Waals surface area contributed by atoms with Gasteiger partial charge in [-0.25, -0.2) is 9.78 Å². The lowest BCUT2D eigenvalue weighted by Gasteiger charge is -2.18. The van der Waals surface area contributed by atoms with Crippen LogP contribution in [-0.2, 0) is 22.6 Å². The maximum absolute atomic E-state index is 13.4. The molecule has 0 unspecified atom stereocenters. The molecule has 0 fully saturated rings. The summed E-state index contributed by atoms with van der Waals surface area (Å²) in [5, 5.41) is 17.4. The van der Waals surface area contributed by atoms with E-state index in [4.69, 9.17) is 33.0 Å². The summed E-state index contributed by atoms with van der Waals surface area (Å²) in [5.41, 5.74) is 13.1. The van der Waals surface area contributed by atoms with E-state index < -0.39 is 24.0 Å². The first-order valence-corrected chi connectivity index (χ1v) is 12.4. The predicted octanol–water partition coefficient (Wildman–Crippen LogP) is 2.55. The second-order valence-electron chi connectivity index (χ2n) is 8.81. The molecule has 3 aromatic rings. The number of amidine groups is 1. The number of nitrogens with zero attached hydrogens (tertiary/aromatic N) is 3. The highest BCUT2D eigenvalue weighted by molar-refractivity contribution is 6.32. The van der Waals surface area contributed by atoms with Gasteiger partial charge in [-0.2, -0.15) is 0 Å². The number of carbonyl (C=O) groups is 2. The molecule has 0 atom stereocenters. The van der Waals surface area contributed by atoms with Gasteiger partial charge in [0.05, 0.1) is 17.9 Å². The number of esters is 1. The van der Waals surface area contributed by atoms with E-state index in [-0.39, 0.29) is 52.9 Å². The number of anilines is 2. The predicted molar refractivity (Wildman–Crippen MR) is 149 cm³/mol. The summed E-state index contributed by atoms with van der Waals surface area (Å²) in [4.78, 5) is 43.0. The van der Waals surface area contributed by atoms with Crippen molar-refractivity contribution in [2.24, 2.45) is 10.9 Å². The molecule has 0 spiro atoms. The fourth-order valence-electron chi connectivity index (χ4n) is 3.70. The number of rotatable bonds is 10. The lowest BCUT2D eigenvalue weighted by Crippen LogP contribution is -2.35. The first-order valence-electron chi connectivity index (χ1n) is 12.0. The van der Waals surface area contributed by atoms with E-state index in [9.17, 15) is 14.4 Å². The van der Waals surface area contributed by atoms with Crippen LogP contribution in [0.2, 0.25) is 5.15 Å². The van der Waals surface area contributed by atoms with E-state index in [1.165, 1.54) is 22.8 Å². The van der Waals surface area contributed by atoms with E-state index >= 15 is 0 Å². The number of aromatic nitrogens is 2. The third-order valence-corrected chi connectivity index (χ3v) is 5.70. The molecule has 0 aliphatic rings. The van der Waals surface area contributed by atoms with Gasteiger partial charge < -0.3 is 32.0 Å². The summed E-state index contributed by atoms with van der Waals surface area (Å²) in [6, 6.07) is 11.0. The first-order chi connectivity index (χ1) is 18.5. The number of hydrogen-bond donors (Lipinski definition) is 5. The molecular weight excluding hydrogens is 526 g/mol. The van der Waals surface area contributed by atoms with Crippen LogP contribution in [0.1, 0.15) is 42.3 Å². The molecule has 0 aliphatic carbocycles. The van der Waals surface area contributed by atoms with Crippen molar-refractivity contribution in [3.63, 3.8) is 0 Å². The maximum Gasteiger partial charge on any atom is 0.338 e. The van der Waals surface area contributed by atoms with Crippen LogP contribution in [0, 0.1) is 0 Å². The van der Waals surface area contributed by atoms with Gasteiger partial charge in [0.15, 0.2) is 16.8 Å².